The first-order chi connectivity index (χ1) is 12.0. The number of allylic oxidation sites excluding steroid dienone is 2. The van der Waals surface area contributed by atoms with E-state index in [0.29, 0.717) is 17.1 Å². The second-order valence-corrected chi connectivity index (χ2v) is 5.82. The Morgan fingerprint density at radius 1 is 1.16 bits per heavy atom. The molecule has 0 amide bonds. The van der Waals surface area contributed by atoms with Gasteiger partial charge in [-0.3, -0.25) is 0 Å². The molecule has 0 saturated heterocycles. The van der Waals surface area contributed by atoms with Crippen molar-refractivity contribution in [2.24, 2.45) is 0 Å². The van der Waals surface area contributed by atoms with E-state index in [0.717, 1.165) is 22.3 Å². The molecule has 0 aromatic heterocycles. The molecule has 4 nitrogen and oxygen atoms in total. The number of esters is 1. The number of ether oxygens (including phenoxy) is 2. The van der Waals surface area contributed by atoms with Gasteiger partial charge >= 0.3 is 5.97 Å². The summed E-state index contributed by atoms with van der Waals surface area (Å²) in [4.78, 5) is 12.1. The number of carbonyl (C=O) groups is 1. The van der Waals surface area contributed by atoms with Crippen LogP contribution in [0, 0.1) is 25.2 Å². The summed E-state index contributed by atoms with van der Waals surface area (Å²) in [6, 6.07) is 15.5. The van der Waals surface area contributed by atoms with E-state index in [1.165, 1.54) is 7.11 Å². The Morgan fingerprint density at radius 3 is 2.52 bits per heavy atom. The van der Waals surface area contributed by atoms with Crippen LogP contribution >= 0.6 is 0 Å². The van der Waals surface area contributed by atoms with Crippen molar-refractivity contribution in [2.45, 2.75) is 13.8 Å². The second kappa shape index (κ2) is 6.66. The minimum atomic E-state index is -0.658. The number of benzene rings is 2. The molecule has 3 rings (SSSR count). The zero-order chi connectivity index (χ0) is 18.0. The largest absolute Gasteiger partial charge is 0.465 e. The maximum absolute atomic E-state index is 12.1. The lowest BCUT2D eigenvalue weighted by Crippen LogP contribution is -2.11. The van der Waals surface area contributed by atoms with E-state index in [1.54, 1.807) is 6.08 Å². The molecule has 0 unspecified atom stereocenters. The van der Waals surface area contributed by atoms with Crippen molar-refractivity contribution in [1.29, 1.82) is 5.26 Å². The van der Waals surface area contributed by atoms with Crippen LogP contribution < -0.4 is 4.74 Å². The molecule has 0 N–H and O–H groups in total. The number of nitrogens with zero attached hydrogens (tertiary/aromatic N) is 1. The Labute approximate surface area is 146 Å². The van der Waals surface area contributed by atoms with Gasteiger partial charge in [0.25, 0.3) is 0 Å². The molecular weight excluding hydrogens is 314 g/mol. The molecule has 1 aliphatic heterocycles. The third kappa shape index (κ3) is 3.05. The number of methoxy groups -OCH3 is 1. The SMILES string of the molecule is COC(=O)C(C#N)=C1C=C(c2ccccc2)Oc2cc(C)cc(C)c21. The van der Waals surface area contributed by atoms with Gasteiger partial charge in [-0.2, -0.15) is 5.26 Å². The zero-order valence-corrected chi connectivity index (χ0v) is 14.3. The molecule has 0 aliphatic carbocycles. The van der Waals surface area contributed by atoms with Crippen molar-refractivity contribution in [3.8, 4) is 11.8 Å². The molecule has 0 spiro atoms. The average Bonchev–Trinajstić information content (AvgIpc) is 2.62. The monoisotopic (exact) mass is 331 g/mol. The highest BCUT2D eigenvalue weighted by Crippen LogP contribution is 2.41. The summed E-state index contributed by atoms with van der Waals surface area (Å²) in [7, 11) is 1.27. The Morgan fingerprint density at radius 2 is 1.88 bits per heavy atom. The first-order valence-corrected chi connectivity index (χ1v) is 7.84. The van der Waals surface area contributed by atoms with Crippen molar-refractivity contribution in [3.05, 3.63) is 76.4 Å². The van der Waals surface area contributed by atoms with Crippen LogP contribution in [0.4, 0.5) is 0 Å². The third-order valence-electron chi connectivity index (χ3n) is 4.04. The first-order valence-electron chi connectivity index (χ1n) is 7.84. The maximum Gasteiger partial charge on any atom is 0.349 e. The topological polar surface area (TPSA) is 59.3 Å². The van der Waals surface area contributed by atoms with Crippen molar-refractivity contribution in [1.82, 2.24) is 0 Å². The van der Waals surface area contributed by atoms with Crippen molar-refractivity contribution < 1.29 is 14.3 Å². The normalized spacial score (nSPS) is 14.6. The molecule has 2 aromatic rings. The van der Waals surface area contributed by atoms with Gasteiger partial charge in [-0.25, -0.2) is 4.79 Å². The van der Waals surface area contributed by atoms with Crippen molar-refractivity contribution >= 4 is 17.3 Å². The standard InChI is InChI=1S/C21H17NO3/c1-13-9-14(2)20-16(17(12-22)21(23)24-3)11-18(25-19(20)10-13)15-7-5-4-6-8-15/h4-11H,1-3H3. The van der Waals surface area contributed by atoms with Gasteiger partial charge in [-0.1, -0.05) is 36.4 Å². The molecule has 124 valence electrons. The highest BCUT2D eigenvalue weighted by Gasteiger charge is 2.26. The van der Waals surface area contributed by atoms with E-state index in [-0.39, 0.29) is 5.57 Å². The average molecular weight is 331 g/mol. The summed E-state index contributed by atoms with van der Waals surface area (Å²) in [5.74, 6) is 0.559. The van der Waals surface area contributed by atoms with E-state index < -0.39 is 5.97 Å². The van der Waals surface area contributed by atoms with E-state index >= 15 is 0 Å². The lowest BCUT2D eigenvalue weighted by molar-refractivity contribution is -0.135. The molecule has 1 heterocycles. The Balaban J connectivity index is 2.31. The quantitative estimate of drug-likeness (QED) is 0.470. The number of rotatable bonds is 2. The third-order valence-corrected chi connectivity index (χ3v) is 4.04. The number of carbonyl (C=O) groups excluding carboxylic acids is 1. The van der Waals surface area contributed by atoms with Crippen LogP contribution in [0.25, 0.3) is 11.3 Å². The van der Waals surface area contributed by atoms with Crippen molar-refractivity contribution in [3.63, 3.8) is 0 Å². The van der Waals surface area contributed by atoms with Crippen LogP contribution in [0.3, 0.4) is 0 Å². The van der Waals surface area contributed by atoms with Gasteiger partial charge in [0.1, 0.15) is 23.2 Å². The van der Waals surface area contributed by atoms with Crippen LogP contribution in [0.2, 0.25) is 0 Å². The summed E-state index contributed by atoms with van der Waals surface area (Å²) in [6.45, 7) is 3.91. The predicted molar refractivity (Wildman–Crippen MR) is 95.5 cm³/mol. The highest BCUT2D eigenvalue weighted by molar-refractivity contribution is 6.07. The molecule has 2 aromatic carbocycles. The van der Waals surface area contributed by atoms with Gasteiger partial charge < -0.3 is 9.47 Å². The molecule has 0 radical (unpaired) electrons. The molecule has 1 aliphatic rings. The maximum atomic E-state index is 12.1. The minimum Gasteiger partial charge on any atom is -0.465 e. The van der Waals surface area contributed by atoms with Crippen LogP contribution in [-0.2, 0) is 9.53 Å². The van der Waals surface area contributed by atoms with Gasteiger partial charge in [0.15, 0.2) is 0 Å². The number of aryl methyl sites for hydroxylation is 2. The minimum absolute atomic E-state index is 0.0348. The fraction of sp³-hybridized carbons (Fsp3) is 0.143. The number of fused-ring (bicyclic) bond motifs is 1. The van der Waals surface area contributed by atoms with Gasteiger partial charge in [-0.15, -0.1) is 0 Å². The Kier molecular flexibility index (Phi) is 4.40. The van der Waals surface area contributed by atoms with Gasteiger partial charge in [0.05, 0.1) is 7.11 Å². The summed E-state index contributed by atoms with van der Waals surface area (Å²) in [5, 5.41) is 9.53. The number of nitriles is 1. The fourth-order valence-electron chi connectivity index (χ4n) is 2.97. The van der Waals surface area contributed by atoms with Gasteiger partial charge in [0, 0.05) is 16.7 Å². The van der Waals surface area contributed by atoms with Gasteiger partial charge in [-0.05, 0) is 37.1 Å². The smallest absolute Gasteiger partial charge is 0.349 e. The Bertz CT molecular complexity index is 947. The van der Waals surface area contributed by atoms with E-state index in [9.17, 15) is 10.1 Å². The molecule has 0 bridgehead atoms. The molecule has 4 heteroatoms. The summed E-state index contributed by atoms with van der Waals surface area (Å²) in [5.41, 5.74) is 4.07. The lowest BCUT2D eigenvalue weighted by Gasteiger charge is -2.23. The predicted octanol–water partition coefficient (Wildman–Crippen LogP) is 4.19. The van der Waals surface area contributed by atoms with Crippen molar-refractivity contribution in [2.75, 3.05) is 7.11 Å². The highest BCUT2D eigenvalue weighted by atomic mass is 16.5. The molecule has 0 saturated carbocycles. The second-order valence-electron chi connectivity index (χ2n) is 5.82. The van der Waals surface area contributed by atoms with Crippen LogP contribution in [0.5, 0.6) is 5.75 Å². The Hall–Kier alpha value is -3.32. The summed E-state index contributed by atoms with van der Waals surface area (Å²) >= 11 is 0. The summed E-state index contributed by atoms with van der Waals surface area (Å²) in [6.07, 6.45) is 1.73. The number of hydrogen-bond acceptors (Lipinski definition) is 4. The molecule has 0 atom stereocenters. The van der Waals surface area contributed by atoms with E-state index in [4.69, 9.17) is 9.47 Å². The van der Waals surface area contributed by atoms with E-state index in [1.807, 2.05) is 62.4 Å². The van der Waals surface area contributed by atoms with Crippen LogP contribution in [0.15, 0.2) is 54.1 Å². The van der Waals surface area contributed by atoms with Crippen LogP contribution in [-0.4, -0.2) is 13.1 Å². The molecule has 25 heavy (non-hydrogen) atoms. The van der Waals surface area contributed by atoms with E-state index in [2.05, 4.69) is 0 Å². The lowest BCUT2D eigenvalue weighted by atomic mass is 9.91. The van der Waals surface area contributed by atoms with Gasteiger partial charge in [0.2, 0.25) is 0 Å². The molecular formula is C21H17NO3. The van der Waals surface area contributed by atoms with Crippen LogP contribution in [0.1, 0.15) is 22.3 Å². The fourth-order valence-corrected chi connectivity index (χ4v) is 2.97. The molecule has 0 fully saturated rings. The first kappa shape index (κ1) is 16.5. The zero-order valence-electron chi connectivity index (χ0n) is 14.3. The number of hydrogen-bond donors (Lipinski definition) is 0. The summed E-state index contributed by atoms with van der Waals surface area (Å²) < 4.78 is 10.9.